The van der Waals surface area contributed by atoms with E-state index >= 15 is 0 Å². The molecule has 0 atom stereocenters. The Bertz CT molecular complexity index is 1130. The van der Waals surface area contributed by atoms with Crippen LogP contribution in [0.2, 0.25) is 5.02 Å². The molecule has 8 nitrogen and oxygen atoms in total. The summed E-state index contributed by atoms with van der Waals surface area (Å²) in [6.45, 7) is 0. The van der Waals surface area contributed by atoms with Gasteiger partial charge < -0.3 is 14.2 Å². The first-order chi connectivity index (χ1) is 16.0. The van der Waals surface area contributed by atoms with Crippen molar-refractivity contribution in [2.45, 2.75) is 14.4 Å². The van der Waals surface area contributed by atoms with Gasteiger partial charge in [0.15, 0.2) is 20.2 Å². The van der Waals surface area contributed by atoms with Crippen LogP contribution in [0, 0.1) is 0 Å². The van der Waals surface area contributed by atoms with Crippen LogP contribution in [0.1, 0.15) is 11.1 Å². The number of benzene rings is 2. The molecule has 1 amide bonds. The van der Waals surface area contributed by atoms with Gasteiger partial charge in [0.25, 0.3) is 5.91 Å². The van der Waals surface area contributed by atoms with E-state index < -0.39 is 0 Å². The highest BCUT2D eigenvalue weighted by atomic mass is 35.5. The summed E-state index contributed by atoms with van der Waals surface area (Å²) in [5.74, 6) is 2.19. The van der Waals surface area contributed by atoms with Gasteiger partial charge in [0.1, 0.15) is 5.75 Å². The molecule has 3 rings (SSSR count). The molecular formula is C21H21ClN4O4S3. The summed E-state index contributed by atoms with van der Waals surface area (Å²) in [5.41, 5.74) is 4.17. The van der Waals surface area contributed by atoms with E-state index in [1.807, 2.05) is 24.3 Å². The highest BCUT2D eigenvalue weighted by Crippen LogP contribution is 2.34. The Labute approximate surface area is 209 Å². The van der Waals surface area contributed by atoms with E-state index in [-0.39, 0.29) is 11.7 Å². The average molecular weight is 525 g/mol. The number of amides is 1. The number of hydrazone groups is 1. The molecule has 0 spiro atoms. The molecule has 0 aliphatic rings. The summed E-state index contributed by atoms with van der Waals surface area (Å²) < 4.78 is 17.4. The zero-order chi connectivity index (χ0) is 23.6. The summed E-state index contributed by atoms with van der Waals surface area (Å²) in [6.07, 6.45) is 1.48. The third kappa shape index (κ3) is 7.26. The summed E-state index contributed by atoms with van der Waals surface area (Å²) in [6, 6.07) is 11.1. The van der Waals surface area contributed by atoms with Crippen LogP contribution >= 0.6 is 46.5 Å². The van der Waals surface area contributed by atoms with Gasteiger partial charge in [-0.2, -0.15) is 5.10 Å². The van der Waals surface area contributed by atoms with Crippen molar-refractivity contribution in [3.05, 3.63) is 52.5 Å². The number of carbonyl (C=O) groups excluding carboxylic acids is 1. The number of methoxy groups -OCH3 is 3. The SMILES string of the molecule is COc1cc(OC)c(OC)cc1/C=N/NC(=O)CSc1nnc(SCc2ccccc2Cl)s1. The van der Waals surface area contributed by atoms with Crippen molar-refractivity contribution in [1.29, 1.82) is 0 Å². The number of nitrogens with zero attached hydrogens (tertiary/aromatic N) is 3. The molecule has 3 aromatic rings. The van der Waals surface area contributed by atoms with Gasteiger partial charge in [0.05, 0.1) is 33.3 Å². The van der Waals surface area contributed by atoms with Crippen LogP contribution in [0.15, 0.2) is 50.2 Å². The number of halogens is 1. The Morgan fingerprint density at radius 3 is 2.42 bits per heavy atom. The van der Waals surface area contributed by atoms with E-state index in [2.05, 4.69) is 20.7 Å². The molecule has 0 radical (unpaired) electrons. The van der Waals surface area contributed by atoms with E-state index in [1.54, 1.807) is 38.1 Å². The Morgan fingerprint density at radius 2 is 1.73 bits per heavy atom. The number of aromatic nitrogens is 2. The smallest absolute Gasteiger partial charge is 0.250 e. The van der Waals surface area contributed by atoms with Crippen molar-refractivity contribution in [3.8, 4) is 17.2 Å². The van der Waals surface area contributed by atoms with Crippen molar-refractivity contribution in [2.24, 2.45) is 5.10 Å². The molecule has 0 saturated heterocycles. The number of carbonyl (C=O) groups is 1. The summed E-state index contributed by atoms with van der Waals surface area (Å²) in [5, 5.41) is 13.0. The van der Waals surface area contributed by atoms with Crippen LogP contribution in [-0.4, -0.2) is 49.4 Å². The molecule has 0 aliphatic carbocycles. The molecule has 1 aromatic heterocycles. The van der Waals surface area contributed by atoms with Crippen molar-refractivity contribution in [3.63, 3.8) is 0 Å². The highest BCUT2D eigenvalue weighted by Gasteiger charge is 2.12. The Balaban J connectivity index is 1.49. The lowest BCUT2D eigenvalue weighted by molar-refractivity contribution is -0.118. The average Bonchev–Trinajstić information content (AvgIpc) is 3.29. The lowest BCUT2D eigenvalue weighted by atomic mass is 10.2. The maximum absolute atomic E-state index is 12.2. The molecule has 0 bridgehead atoms. The topological polar surface area (TPSA) is 94.9 Å². The van der Waals surface area contributed by atoms with Crippen molar-refractivity contribution < 1.29 is 19.0 Å². The lowest BCUT2D eigenvalue weighted by Gasteiger charge is -2.11. The van der Waals surface area contributed by atoms with Crippen LogP contribution in [0.5, 0.6) is 17.2 Å². The summed E-state index contributed by atoms with van der Waals surface area (Å²) >= 11 is 10.5. The van der Waals surface area contributed by atoms with E-state index in [1.165, 1.54) is 36.4 Å². The molecule has 0 aliphatic heterocycles. The van der Waals surface area contributed by atoms with Gasteiger partial charge in [-0.3, -0.25) is 4.79 Å². The van der Waals surface area contributed by atoms with Crippen LogP contribution < -0.4 is 19.6 Å². The second kappa shape index (κ2) is 12.7. The monoisotopic (exact) mass is 524 g/mol. The second-order valence-corrected chi connectivity index (χ2v) is 10.1. The highest BCUT2D eigenvalue weighted by molar-refractivity contribution is 8.03. The molecule has 0 fully saturated rings. The number of nitrogens with one attached hydrogen (secondary N) is 1. The second-order valence-electron chi connectivity index (χ2n) is 6.24. The van der Waals surface area contributed by atoms with Crippen LogP contribution in [-0.2, 0) is 10.5 Å². The number of hydrogen-bond donors (Lipinski definition) is 1. The van der Waals surface area contributed by atoms with Crippen molar-refractivity contribution >= 4 is 58.6 Å². The molecule has 0 saturated carbocycles. The molecule has 1 N–H and O–H groups in total. The van der Waals surface area contributed by atoms with Gasteiger partial charge >= 0.3 is 0 Å². The van der Waals surface area contributed by atoms with Crippen LogP contribution in [0.4, 0.5) is 0 Å². The van der Waals surface area contributed by atoms with Gasteiger partial charge in [-0.25, -0.2) is 5.43 Å². The third-order valence-electron chi connectivity index (χ3n) is 4.15. The number of hydrogen-bond acceptors (Lipinski definition) is 10. The zero-order valence-corrected chi connectivity index (χ0v) is 21.2. The minimum absolute atomic E-state index is 0.157. The van der Waals surface area contributed by atoms with Crippen molar-refractivity contribution in [2.75, 3.05) is 27.1 Å². The predicted octanol–water partition coefficient (Wildman–Crippen LogP) is 4.75. The molecule has 33 heavy (non-hydrogen) atoms. The Morgan fingerprint density at radius 1 is 1.06 bits per heavy atom. The fourth-order valence-corrected chi connectivity index (χ4v) is 5.65. The first-order valence-corrected chi connectivity index (χ1v) is 12.6. The number of ether oxygens (including phenoxy) is 3. The minimum Gasteiger partial charge on any atom is -0.496 e. The summed E-state index contributed by atoms with van der Waals surface area (Å²) in [7, 11) is 4.62. The lowest BCUT2D eigenvalue weighted by Crippen LogP contribution is -2.19. The first kappa shape index (κ1) is 25.2. The van der Waals surface area contributed by atoms with Gasteiger partial charge in [-0.15, -0.1) is 10.2 Å². The van der Waals surface area contributed by atoms with Crippen LogP contribution in [0.25, 0.3) is 0 Å². The maximum Gasteiger partial charge on any atom is 0.250 e. The fourth-order valence-electron chi connectivity index (χ4n) is 2.56. The molecule has 174 valence electrons. The van der Waals surface area contributed by atoms with E-state index in [4.69, 9.17) is 25.8 Å². The Hall–Kier alpha value is -2.47. The number of rotatable bonds is 11. The predicted molar refractivity (Wildman–Crippen MR) is 133 cm³/mol. The van der Waals surface area contributed by atoms with E-state index in [0.717, 1.165) is 14.9 Å². The van der Waals surface area contributed by atoms with E-state index in [9.17, 15) is 4.79 Å². The quantitative estimate of drug-likeness (QED) is 0.218. The number of thioether (sulfide) groups is 2. The Kier molecular flexibility index (Phi) is 9.67. The molecule has 1 heterocycles. The third-order valence-corrected chi connectivity index (χ3v) is 7.76. The standard InChI is InChI=1S/C21H21ClN4O4S3/c1-28-16-9-18(30-3)17(29-2)8-14(16)10-23-24-19(27)12-32-21-26-25-20(33-21)31-11-13-6-4-5-7-15(13)22/h4-10H,11-12H2,1-3H3,(H,24,27)/b23-10+. The van der Waals surface area contributed by atoms with Gasteiger partial charge in [-0.05, 0) is 17.7 Å². The maximum atomic E-state index is 12.2. The molecule has 12 heteroatoms. The summed E-state index contributed by atoms with van der Waals surface area (Å²) in [4.78, 5) is 12.2. The largest absolute Gasteiger partial charge is 0.496 e. The van der Waals surface area contributed by atoms with Gasteiger partial charge in [0, 0.05) is 22.4 Å². The molecule has 0 unspecified atom stereocenters. The molecular weight excluding hydrogens is 504 g/mol. The zero-order valence-electron chi connectivity index (χ0n) is 18.0. The minimum atomic E-state index is -0.267. The van der Waals surface area contributed by atoms with Gasteiger partial charge in [0.2, 0.25) is 0 Å². The first-order valence-electron chi connectivity index (χ1n) is 9.48. The normalized spacial score (nSPS) is 10.9. The van der Waals surface area contributed by atoms with E-state index in [0.29, 0.717) is 32.9 Å². The van der Waals surface area contributed by atoms with Crippen LogP contribution in [0.3, 0.4) is 0 Å². The fraction of sp³-hybridized carbons (Fsp3) is 0.238. The van der Waals surface area contributed by atoms with Gasteiger partial charge in [-0.1, -0.05) is 64.7 Å². The molecule has 2 aromatic carbocycles. The van der Waals surface area contributed by atoms with Crippen molar-refractivity contribution in [1.82, 2.24) is 15.6 Å².